The molecule has 0 aromatic heterocycles. The summed E-state index contributed by atoms with van der Waals surface area (Å²) in [6.45, 7) is 0. The van der Waals surface area contributed by atoms with Gasteiger partial charge >= 0.3 is 0 Å². The fourth-order valence-corrected chi connectivity index (χ4v) is 2.83. The number of carbonyl (C=O) groups is 1. The van der Waals surface area contributed by atoms with E-state index in [2.05, 4.69) is 21.2 Å². The molecular formula is C15H11BrFNO. The Bertz CT molecular complexity index is 656. The van der Waals surface area contributed by atoms with Crippen LogP contribution in [0.4, 0.5) is 10.1 Å². The Labute approximate surface area is 118 Å². The highest BCUT2D eigenvalue weighted by atomic mass is 79.9. The summed E-state index contributed by atoms with van der Waals surface area (Å²) in [6, 6.07) is 12.3. The number of rotatable bonds is 2. The molecule has 0 bridgehead atoms. The van der Waals surface area contributed by atoms with Crippen molar-refractivity contribution in [2.24, 2.45) is 0 Å². The van der Waals surface area contributed by atoms with Gasteiger partial charge in [-0.05, 0) is 34.9 Å². The van der Waals surface area contributed by atoms with Crippen LogP contribution >= 0.6 is 15.9 Å². The molecule has 4 heteroatoms. The van der Waals surface area contributed by atoms with Crippen LogP contribution in [0.25, 0.3) is 0 Å². The lowest BCUT2D eigenvalue weighted by Crippen LogP contribution is -2.03. The summed E-state index contributed by atoms with van der Waals surface area (Å²) in [5.74, 6) is -0.232. The molecule has 3 rings (SSSR count). The third kappa shape index (κ3) is 2.40. The van der Waals surface area contributed by atoms with Crippen molar-refractivity contribution in [1.29, 1.82) is 0 Å². The monoisotopic (exact) mass is 319 g/mol. The van der Waals surface area contributed by atoms with Crippen LogP contribution < -0.4 is 5.32 Å². The number of amides is 1. The molecule has 2 aromatic carbocycles. The lowest BCUT2D eigenvalue weighted by Gasteiger charge is -2.12. The zero-order valence-electron chi connectivity index (χ0n) is 9.99. The van der Waals surface area contributed by atoms with Gasteiger partial charge in [-0.3, -0.25) is 4.79 Å². The normalized spacial score (nSPS) is 14.9. The van der Waals surface area contributed by atoms with Gasteiger partial charge in [0.05, 0.1) is 11.2 Å². The molecule has 1 unspecified atom stereocenters. The fraction of sp³-hybridized carbons (Fsp3) is 0.133. The predicted molar refractivity (Wildman–Crippen MR) is 75.9 cm³/mol. The SMILES string of the molecule is O=C1Cc2cc(C(Br)c3cccc(F)c3)ccc2N1. The number of fused-ring (bicyclic) bond motifs is 1. The maximum atomic E-state index is 13.2. The third-order valence-electron chi connectivity index (χ3n) is 3.19. The van der Waals surface area contributed by atoms with Gasteiger partial charge < -0.3 is 5.32 Å². The summed E-state index contributed by atoms with van der Waals surface area (Å²) in [4.78, 5) is 11.2. The number of alkyl halides is 1. The topological polar surface area (TPSA) is 29.1 Å². The molecule has 1 aliphatic heterocycles. The smallest absolute Gasteiger partial charge is 0.228 e. The van der Waals surface area contributed by atoms with Crippen LogP contribution in [0.1, 0.15) is 21.5 Å². The van der Waals surface area contributed by atoms with Gasteiger partial charge in [-0.1, -0.05) is 40.2 Å². The minimum atomic E-state index is -0.250. The van der Waals surface area contributed by atoms with E-state index in [1.807, 2.05) is 24.3 Å². The molecule has 0 saturated heterocycles. The van der Waals surface area contributed by atoms with Gasteiger partial charge in [-0.15, -0.1) is 0 Å². The Morgan fingerprint density at radius 3 is 2.74 bits per heavy atom. The van der Waals surface area contributed by atoms with Gasteiger partial charge in [0.2, 0.25) is 5.91 Å². The standard InChI is InChI=1S/C15H11BrFNO/c16-15(9-2-1-3-12(17)7-9)10-4-5-13-11(6-10)8-14(19)18-13/h1-7,15H,8H2,(H,18,19). The number of carbonyl (C=O) groups excluding carboxylic acids is 1. The highest BCUT2D eigenvalue weighted by Crippen LogP contribution is 2.34. The average Bonchev–Trinajstić information content (AvgIpc) is 2.76. The van der Waals surface area contributed by atoms with Crippen LogP contribution in [0.15, 0.2) is 42.5 Å². The second kappa shape index (κ2) is 4.78. The van der Waals surface area contributed by atoms with E-state index >= 15 is 0 Å². The molecule has 1 amide bonds. The molecule has 0 saturated carbocycles. The zero-order valence-corrected chi connectivity index (χ0v) is 11.6. The molecule has 2 aromatic rings. The van der Waals surface area contributed by atoms with Crippen molar-refractivity contribution in [1.82, 2.24) is 0 Å². The minimum Gasteiger partial charge on any atom is -0.326 e. The maximum Gasteiger partial charge on any atom is 0.228 e. The number of hydrogen-bond acceptors (Lipinski definition) is 1. The van der Waals surface area contributed by atoms with Crippen molar-refractivity contribution < 1.29 is 9.18 Å². The second-order valence-electron chi connectivity index (χ2n) is 4.56. The highest BCUT2D eigenvalue weighted by Gasteiger charge is 2.19. The van der Waals surface area contributed by atoms with Crippen molar-refractivity contribution >= 4 is 27.5 Å². The molecule has 1 aliphatic rings. The fourth-order valence-electron chi connectivity index (χ4n) is 2.26. The number of hydrogen-bond donors (Lipinski definition) is 1. The van der Waals surface area contributed by atoms with Crippen molar-refractivity contribution in [2.45, 2.75) is 11.2 Å². The third-order valence-corrected chi connectivity index (χ3v) is 4.25. The van der Waals surface area contributed by atoms with E-state index in [9.17, 15) is 9.18 Å². The van der Waals surface area contributed by atoms with Crippen molar-refractivity contribution in [2.75, 3.05) is 5.32 Å². The van der Waals surface area contributed by atoms with Crippen LogP contribution in [0.3, 0.4) is 0 Å². The van der Waals surface area contributed by atoms with Gasteiger partial charge in [-0.25, -0.2) is 4.39 Å². The molecule has 0 spiro atoms. The molecule has 0 fully saturated rings. The van der Waals surface area contributed by atoms with Gasteiger partial charge in [-0.2, -0.15) is 0 Å². The summed E-state index contributed by atoms with van der Waals surface area (Å²) in [7, 11) is 0. The Kier molecular flexibility index (Phi) is 3.11. The van der Waals surface area contributed by atoms with Gasteiger partial charge in [0.15, 0.2) is 0 Å². The summed E-state index contributed by atoms with van der Waals surface area (Å²) in [6.07, 6.45) is 0.409. The summed E-state index contributed by atoms with van der Waals surface area (Å²) in [5, 5.41) is 2.80. The highest BCUT2D eigenvalue weighted by molar-refractivity contribution is 9.09. The van der Waals surface area contributed by atoms with E-state index in [0.717, 1.165) is 22.4 Å². The lowest BCUT2D eigenvalue weighted by molar-refractivity contribution is -0.115. The number of nitrogens with one attached hydrogen (secondary N) is 1. The first-order chi connectivity index (χ1) is 9.13. The molecule has 96 valence electrons. The summed E-state index contributed by atoms with van der Waals surface area (Å²) < 4.78 is 13.2. The minimum absolute atomic E-state index is 0.0176. The zero-order chi connectivity index (χ0) is 13.4. The van der Waals surface area contributed by atoms with E-state index in [-0.39, 0.29) is 16.6 Å². The van der Waals surface area contributed by atoms with Gasteiger partial charge in [0, 0.05) is 5.69 Å². The summed E-state index contributed by atoms with van der Waals surface area (Å²) in [5.41, 5.74) is 3.73. The first kappa shape index (κ1) is 12.4. The van der Waals surface area contributed by atoms with Crippen LogP contribution in [0.2, 0.25) is 0 Å². The van der Waals surface area contributed by atoms with Crippen LogP contribution in [-0.4, -0.2) is 5.91 Å². The van der Waals surface area contributed by atoms with E-state index in [4.69, 9.17) is 0 Å². The molecular weight excluding hydrogens is 309 g/mol. The summed E-state index contributed by atoms with van der Waals surface area (Å²) >= 11 is 3.58. The molecule has 0 aliphatic carbocycles. The molecule has 1 heterocycles. The number of halogens is 2. The number of anilines is 1. The molecule has 1 atom stereocenters. The van der Waals surface area contributed by atoms with Crippen LogP contribution in [0.5, 0.6) is 0 Å². The Morgan fingerprint density at radius 2 is 1.95 bits per heavy atom. The Morgan fingerprint density at radius 1 is 1.16 bits per heavy atom. The van der Waals surface area contributed by atoms with E-state index < -0.39 is 0 Å². The Hall–Kier alpha value is -1.68. The van der Waals surface area contributed by atoms with Crippen LogP contribution in [0, 0.1) is 5.82 Å². The lowest BCUT2D eigenvalue weighted by atomic mass is 10.0. The number of benzene rings is 2. The largest absolute Gasteiger partial charge is 0.326 e. The first-order valence-electron chi connectivity index (χ1n) is 5.96. The first-order valence-corrected chi connectivity index (χ1v) is 6.87. The van der Waals surface area contributed by atoms with Crippen molar-refractivity contribution in [3.05, 3.63) is 65.0 Å². The Balaban J connectivity index is 1.95. The molecule has 19 heavy (non-hydrogen) atoms. The molecule has 2 nitrogen and oxygen atoms in total. The van der Waals surface area contributed by atoms with Gasteiger partial charge in [0.1, 0.15) is 5.82 Å². The van der Waals surface area contributed by atoms with Crippen molar-refractivity contribution in [3.63, 3.8) is 0 Å². The second-order valence-corrected chi connectivity index (χ2v) is 5.47. The maximum absolute atomic E-state index is 13.2. The predicted octanol–water partition coefficient (Wildman–Crippen LogP) is 3.80. The molecule has 0 radical (unpaired) electrons. The van der Waals surface area contributed by atoms with E-state index in [1.165, 1.54) is 12.1 Å². The van der Waals surface area contributed by atoms with E-state index in [0.29, 0.717) is 6.42 Å². The van der Waals surface area contributed by atoms with Crippen LogP contribution in [-0.2, 0) is 11.2 Å². The average molecular weight is 320 g/mol. The van der Waals surface area contributed by atoms with Gasteiger partial charge in [0.25, 0.3) is 0 Å². The van der Waals surface area contributed by atoms with E-state index in [1.54, 1.807) is 6.07 Å². The van der Waals surface area contributed by atoms with Crippen molar-refractivity contribution in [3.8, 4) is 0 Å². The quantitative estimate of drug-likeness (QED) is 0.838. The molecule has 1 N–H and O–H groups in total.